The van der Waals surface area contributed by atoms with Crippen molar-refractivity contribution in [1.82, 2.24) is 19.2 Å². The number of aromatic amines is 1. The number of amides is 1. The fraction of sp³-hybridized carbons (Fsp3) is 0.318. The van der Waals surface area contributed by atoms with E-state index in [1.807, 2.05) is 24.8 Å². The molecule has 3 rings (SSSR count). The molecule has 0 saturated carbocycles. The average Bonchev–Trinajstić information content (AvgIpc) is 2.73. The second-order valence-corrected chi connectivity index (χ2v) is 10.0. The van der Waals surface area contributed by atoms with Gasteiger partial charge in [-0.05, 0) is 44.2 Å². The van der Waals surface area contributed by atoms with Crippen molar-refractivity contribution in [2.75, 3.05) is 26.0 Å². The summed E-state index contributed by atoms with van der Waals surface area (Å²) >= 11 is 0. The molecule has 0 bridgehead atoms. The van der Waals surface area contributed by atoms with Gasteiger partial charge >= 0.3 is 0 Å². The van der Waals surface area contributed by atoms with Crippen molar-refractivity contribution in [1.29, 1.82) is 0 Å². The van der Waals surface area contributed by atoms with Crippen molar-refractivity contribution in [2.45, 2.75) is 31.3 Å². The van der Waals surface area contributed by atoms with Gasteiger partial charge in [0.1, 0.15) is 5.82 Å². The van der Waals surface area contributed by atoms with Crippen LogP contribution in [-0.2, 0) is 21.4 Å². The molecule has 0 spiro atoms. The molecule has 0 radical (unpaired) electrons. The number of benzene rings is 2. The molecular formula is C22H27N5O4S. The van der Waals surface area contributed by atoms with Gasteiger partial charge in [0.25, 0.3) is 5.56 Å². The van der Waals surface area contributed by atoms with Crippen LogP contribution in [0.2, 0.25) is 0 Å². The van der Waals surface area contributed by atoms with E-state index >= 15 is 0 Å². The molecule has 1 amide bonds. The van der Waals surface area contributed by atoms with Crippen LogP contribution >= 0.6 is 0 Å². The fourth-order valence-electron chi connectivity index (χ4n) is 3.15. The van der Waals surface area contributed by atoms with Crippen LogP contribution in [0.5, 0.6) is 0 Å². The maximum atomic E-state index is 12.7. The fourth-order valence-corrected chi connectivity index (χ4v) is 4.10. The van der Waals surface area contributed by atoms with Crippen LogP contribution < -0.4 is 10.9 Å². The van der Waals surface area contributed by atoms with E-state index in [9.17, 15) is 18.0 Å². The second kappa shape index (κ2) is 9.60. The summed E-state index contributed by atoms with van der Waals surface area (Å²) in [7, 11) is -0.704. The molecule has 0 aliphatic heterocycles. The molecule has 170 valence electrons. The van der Waals surface area contributed by atoms with E-state index in [1.54, 1.807) is 30.3 Å². The Balaban J connectivity index is 1.75. The SMILES string of the molecule is CC(C)N(CC(=O)Nc1cccc(S(=O)(=O)N(C)C)c1)Cc1nc2ccccc2c(=O)[nH]1. The predicted octanol–water partition coefficient (Wildman–Crippen LogP) is 2.02. The summed E-state index contributed by atoms with van der Waals surface area (Å²) in [5.41, 5.74) is 0.759. The Labute approximate surface area is 187 Å². The number of nitrogens with one attached hydrogen (secondary N) is 2. The zero-order valence-corrected chi connectivity index (χ0v) is 19.3. The lowest BCUT2D eigenvalue weighted by atomic mass is 10.2. The van der Waals surface area contributed by atoms with Gasteiger partial charge in [-0.15, -0.1) is 0 Å². The lowest BCUT2D eigenvalue weighted by Crippen LogP contribution is -2.38. The molecule has 0 fully saturated rings. The first-order chi connectivity index (χ1) is 15.1. The Bertz CT molecular complexity index is 1280. The zero-order chi connectivity index (χ0) is 23.5. The Kier molecular flexibility index (Phi) is 7.07. The second-order valence-electron chi connectivity index (χ2n) is 7.89. The molecule has 1 heterocycles. The number of anilines is 1. The van der Waals surface area contributed by atoms with Crippen molar-refractivity contribution in [3.8, 4) is 0 Å². The molecule has 3 aromatic rings. The van der Waals surface area contributed by atoms with Crippen LogP contribution in [0.15, 0.2) is 58.2 Å². The number of carbonyl (C=O) groups is 1. The van der Waals surface area contributed by atoms with Gasteiger partial charge in [0, 0.05) is 25.8 Å². The molecule has 0 unspecified atom stereocenters. The third-order valence-corrected chi connectivity index (χ3v) is 6.80. The lowest BCUT2D eigenvalue weighted by molar-refractivity contribution is -0.117. The van der Waals surface area contributed by atoms with E-state index in [0.29, 0.717) is 22.4 Å². The highest BCUT2D eigenvalue weighted by Gasteiger charge is 2.19. The normalized spacial score (nSPS) is 12.1. The first-order valence-electron chi connectivity index (χ1n) is 10.1. The number of fused-ring (bicyclic) bond motifs is 1. The third-order valence-electron chi connectivity index (χ3n) is 4.99. The van der Waals surface area contributed by atoms with Crippen LogP contribution in [0, 0.1) is 0 Å². The van der Waals surface area contributed by atoms with Gasteiger partial charge in [-0.2, -0.15) is 0 Å². The summed E-state index contributed by atoms with van der Waals surface area (Å²) in [6, 6.07) is 13.2. The number of sulfonamides is 1. The van der Waals surface area contributed by atoms with Gasteiger partial charge in [-0.1, -0.05) is 18.2 Å². The number of hydrogen-bond acceptors (Lipinski definition) is 6. The summed E-state index contributed by atoms with van der Waals surface area (Å²) in [5.74, 6) is 0.163. The Morgan fingerprint density at radius 2 is 1.84 bits per heavy atom. The van der Waals surface area contributed by atoms with Crippen LogP contribution in [0.3, 0.4) is 0 Å². The van der Waals surface area contributed by atoms with Crippen LogP contribution in [0.4, 0.5) is 5.69 Å². The van der Waals surface area contributed by atoms with Crippen molar-refractivity contribution >= 4 is 32.5 Å². The van der Waals surface area contributed by atoms with Crippen LogP contribution in [-0.4, -0.2) is 60.2 Å². The molecule has 2 aromatic carbocycles. The maximum absolute atomic E-state index is 12.7. The van der Waals surface area contributed by atoms with Crippen molar-refractivity contribution < 1.29 is 13.2 Å². The van der Waals surface area contributed by atoms with E-state index in [4.69, 9.17) is 0 Å². The summed E-state index contributed by atoms with van der Waals surface area (Å²) in [5, 5.41) is 3.26. The van der Waals surface area contributed by atoms with Crippen molar-refractivity contribution in [2.24, 2.45) is 0 Å². The van der Waals surface area contributed by atoms with Gasteiger partial charge in [0.15, 0.2) is 0 Å². The molecule has 0 aliphatic carbocycles. The number of carbonyl (C=O) groups excluding carboxylic acids is 1. The van der Waals surface area contributed by atoms with Crippen molar-refractivity contribution in [3.05, 3.63) is 64.7 Å². The molecule has 0 atom stereocenters. The summed E-state index contributed by atoms with van der Waals surface area (Å²) in [6.45, 7) is 4.20. The molecule has 1 aromatic heterocycles. The maximum Gasteiger partial charge on any atom is 0.258 e. The standard InChI is InChI=1S/C22H27N5O4S/c1-15(2)27(13-20-24-19-11-6-5-10-18(19)22(29)25-20)14-21(28)23-16-8-7-9-17(12-16)32(30,31)26(3)4/h5-12,15H,13-14H2,1-4H3,(H,23,28)(H,24,25,29). The average molecular weight is 458 g/mol. The monoisotopic (exact) mass is 457 g/mol. The van der Waals surface area contributed by atoms with E-state index in [-0.39, 0.29) is 35.5 Å². The minimum Gasteiger partial charge on any atom is -0.325 e. The summed E-state index contributed by atoms with van der Waals surface area (Å²) < 4.78 is 25.8. The molecule has 9 nitrogen and oxygen atoms in total. The van der Waals surface area contributed by atoms with Gasteiger partial charge < -0.3 is 10.3 Å². The van der Waals surface area contributed by atoms with Gasteiger partial charge in [-0.25, -0.2) is 17.7 Å². The third kappa shape index (κ3) is 5.39. The Morgan fingerprint density at radius 3 is 2.53 bits per heavy atom. The Morgan fingerprint density at radius 1 is 1.12 bits per heavy atom. The van der Waals surface area contributed by atoms with Gasteiger partial charge in [-0.3, -0.25) is 14.5 Å². The quantitative estimate of drug-likeness (QED) is 0.535. The number of nitrogens with zero attached hydrogens (tertiary/aromatic N) is 3. The number of rotatable bonds is 8. The first kappa shape index (κ1) is 23.6. The highest BCUT2D eigenvalue weighted by atomic mass is 32.2. The highest BCUT2D eigenvalue weighted by Crippen LogP contribution is 2.18. The predicted molar refractivity (Wildman–Crippen MR) is 124 cm³/mol. The van der Waals surface area contributed by atoms with Crippen LogP contribution in [0.25, 0.3) is 10.9 Å². The number of hydrogen-bond donors (Lipinski definition) is 2. The van der Waals surface area contributed by atoms with E-state index in [2.05, 4.69) is 15.3 Å². The summed E-state index contributed by atoms with van der Waals surface area (Å²) in [4.78, 5) is 34.3. The van der Waals surface area contributed by atoms with E-state index < -0.39 is 10.0 Å². The molecule has 0 aliphatic rings. The minimum atomic E-state index is -3.60. The molecule has 2 N–H and O–H groups in total. The number of para-hydroxylation sites is 1. The molecule has 32 heavy (non-hydrogen) atoms. The summed E-state index contributed by atoms with van der Waals surface area (Å²) in [6.07, 6.45) is 0. The lowest BCUT2D eigenvalue weighted by Gasteiger charge is -2.25. The van der Waals surface area contributed by atoms with Gasteiger partial charge in [0.05, 0.1) is 28.9 Å². The minimum absolute atomic E-state index is 0.00187. The number of H-pyrrole nitrogens is 1. The molecule has 10 heteroatoms. The van der Waals surface area contributed by atoms with Crippen LogP contribution in [0.1, 0.15) is 19.7 Å². The van der Waals surface area contributed by atoms with Crippen molar-refractivity contribution in [3.63, 3.8) is 0 Å². The molecular weight excluding hydrogens is 430 g/mol. The Hall–Kier alpha value is -3.08. The topological polar surface area (TPSA) is 115 Å². The number of aromatic nitrogens is 2. The smallest absolute Gasteiger partial charge is 0.258 e. The zero-order valence-electron chi connectivity index (χ0n) is 18.5. The van der Waals surface area contributed by atoms with E-state index in [1.165, 1.54) is 26.2 Å². The first-order valence-corrected chi connectivity index (χ1v) is 11.6. The highest BCUT2D eigenvalue weighted by molar-refractivity contribution is 7.89. The molecule has 0 saturated heterocycles. The van der Waals surface area contributed by atoms with E-state index in [0.717, 1.165) is 4.31 Å². The largest absolute Gasteiger partial charge is 0.325 e. The van der Waals surface area contributed by atoms with Gasteiger partial charge in [0.2, 0.25) is 15.9 Å².